The van der Waals surface area contributed by atoms with Gasteiger partial charge in [-0.2, -0.15) is 0 Å². The van der Waals surface area contributed by atoms with Crippen LogP contribution < -0.4 is 5.32 Å². The smallest absolute Gasteiger partial charge is 0.241 e. The van der Waals surface area contributed by atoms with E-state index in [2.05, 4.69) is 19.2 Å². The summed E-state index contributed by atoms with van der Waals surface area (Å²) in [5, 5.41) is 2.70. The fraction of sp³-hybridized carbons (Fsp3) is 0.833. The van der Waals surface area contributed by atoms with Gasteiger partial charge in [0.25, 0.3) is 0 Å². The van der Waals surface area contributed by atoms with Gasteiger partial charge in [0.1, 0.15) is 0 Å². The molecule has 16 heavy (non-hydrogen) atoms. The maximum absolute atomic E-state index is 11.8. The third-order valence-electron chi connectivity index (χ3n) is 3.25. The Morgan fingerprint density at radius 2 is 1.88 bits per heavy atom. The summed E-state index contributed by atoms with van der Waals surface area (Å²) in [5.74, 6) is 0.209. The third kappa shape index (κ3) is 3.51. The number of carbonyl (C=O) groups excluding carboxylic acids is 2. The first-order valence-electron chi connectivity index (χ1n) is 6.13. The average molecular weight is 226 g/mol. The van der Waals surface area contributed by atoms with E-state index in [4.69, 9.17) is 0 Å². The average Bonchev–Trinajstić information content (AvgIpc) is 3.10. The summed E-state index contributed by atoms with van der Waals surface area (Å²) in [7, 11) is 1.81. The molecule has 4 nitrogen and oxygen atoms in total. The number of nitrogens with zero attached hydrogens (tertiary/aromatic N) is 1. The molecular weight excluding hydrogens is 204 g/mol. The van der Waals surface area contributed by atoms with Crippen LogP contribution in [-0.2, 0) is 9.59 Å². The van der Waals surface area contributed by atoms with E-state index in [0.717, 1.165) is 25.7 Å². The zero-order valence-electron chi connectivity index (χ0n) is 10.5. The van der Waals surface area contributed by atoms with Gasteiger partial charge in [-0.15, -0.1) is 0 Å². The van der Waals surface area contributed by atoms with E-state index in [1.54, 1.807) is 4.90 Å². The molecule has 4 heteroatoms. The van der Waals surface area contributed by atoms with Gasteiger partial charge in [0.15, 0.2) is 0 Å². The molecule has 1 saturated carbocycles. The van der Waals surface area contributed by atoms with Gasteiger partial charge < -0.3 is 10.2 Å². The first-order valence-corrected chi connectivity index (χ1v) is 6.13. The molecule has 0 spiro atoms. The molecule has 1 N–H and O–H groups in total. The summed E-state index contributed by atoms with van der Waals surface area (Å²) in [6.07, 6.45) is 3.86. The zero-order valence-corrected chi connectivity index (χ0v) is 10.5. The first-order chi connectivity index (χ1) is 7.60. The SMILES string of the molecule is CCC(CC)N(C)C(=O)CNC(=O)C1CC1. The predicted octanol–water partition coefficient (Wildman–Crippen LogP) is 1.16. The van der Waals surface area contributed by atoms with Crippen LogP contribution in [0.3, 0.4) is 0 Å². The lowest BCUT2D eigenvalue weighted by atomic mass is 10.1. The highest BCUT2D eigenvalue weighted by molar-refractivity contribution is 5.86. The van der Waals surface area contributed by atoms with Crippen molar-refractivity contribution in [3.63, 3.8) is 0 Å². The summed E-state index contributed by atoms with van der Waals surface area (Å²) in [6.45, 7) is 4.28. The largest absolute Gasteiger partial charge is 0.347 e. The molecule has 1 aliphatic carbocycles. The van der Waals surface area contributed by atoms with Crippen LogP contribution in [-0.4, -0.2) is 36.3 Å². The lowest BCUT2D eigenvalue weighted by molar-refractivity contribution is -0.133. The number of nitrogens with one attached hydrogen (secondary N) is 1. The van der Waals surface area contributed by atoms with Crippen molar-refractivity contribution in [1.29, 1.82) is 0 Å². The van der Waals surface area contributed by atoms with Gasteiger partial charge >= 0.3 is 0 Å². The van der Waals surface area contributed by atoms with Crippen molar-refractivity contribution in [3.05, 3.63) is 0 Å². The molecule has 0 aromatic rings. The third-order valence-corrected chi connectivity index (χ3v) is 3.25. The van der Waals surface area contributed by atoms with Crippen molar-refractivity contribution in [3.8, 4) is 0 Å². The number of likely N-dealkylation sites (N-methyl/N-ethyl adjacent to an activating group) is 1. The minimum atomic E-state index is 0.00250. The van der Waals surface area contributed by atoms with Crippen LogP contribution in [0.5, 0.6) is 0 Å². The van der Waals surface area contributed by atoms with Crippen LogP contribution in [0.1, 0.15) is 39.5 Å². The maximum Gasteiger partial charge on any atom is 0.241 e. The van der Waals surface area contributed by atoms with Crippen LogP contribution in [0.25, 0.3) is 0 Å². The topological polar surface area (TPSA) is 49.4 Å². The van der Waals surface area contributed by atoms with E-state index in [1.165, 1.54) is 0 Å². The second kappa shape index (κ2) is 5.87. The Labute approximate surface area is 97.4 Å². The van der Waals surface area contributed by atoms with E-state index >= 15 is 0 Å². The number of hydrogen-bond acceptors (Lipinski definition) is 2. The molecule has 1 aliphatic rings. The number of hydrogen-bond donors (Lipinski definition) is 1. The van der Waals surface area contributed by atoms with Crippen molar-refractivity contribution in [1.82, 2.24) is 10.2 Å². The molecule has 0 aromatic carbocycles. The van der Waals surface area contributed by atoms with Gasteiger partial charge in [-0.1, -0.05) is 13.8 Å². The first kappa shape index (κ1) is 13.0. The van der Waals surface area contributed by atoms with Crippen molar-refractivity contribution < 1.29 is 9.59 Å². The van der Waals surface area contributed by atoms with Crippen LogP contribution in [0.15, 0.2) is 0 Å². The van der Waals surface area contributed by atoms with Gasteiger partial charge in [0, 0.05) is 19.0 Å². The molecule has 1 rings (SSSR count). The maximum atomic E-state index is 11.8. The monoisotopic (exact) mass is 226 g/mol. The minimum Gasteiger partial charge on any atom is -0.347 e. The summed E-state index contributed by atoms with van der Waals surface area (Å²) in [4.78, 5) is 24.9. The van der Waals surface area contributed by atoms with E-state index in [0.29, 0.717) is 0 Å². The van der Waals surface area contributed by atoms with E-state index < -0.39 is 0 Å². The zero-order chi connectivity index (χ0) is 12.1. The molecule has 0 radical (unpaired) electrons. The van der Waals surface area contributed by atoms with Gasteiger partial charge in [0.05, 0.1) is 6.54 Å². The molecular formula is C12H22N2O2. The van der Waals surface area contributed by atoms with Crippen LogP contribution in [0, 0.1) is 5.92 Å². The fourth-order valence-corrected chi connectivity index (χ4v) is 1.82. The molecule has 0 aromatic heterocycles. The summed E-state index contributed by atoms with van der Waals surface area (Å²) in [6, 6.07) is 0.283. The Morgan fingerprint density at radius 3 is 2.31 bits per heavy atom. The second-order valence-electron chi connectivity index (χ2n) is 4.47. The Kier molecular flexibility index (Phi) is 4.77. The van der Waals surface area contributed by atoms with Crippen LogP contribution in [0.2, 0.25) is 0 Å². The molecule has 0 unspecified atom stereocenters. The molecule has 0 heterocycles. The number of rotatable bonds is 6. The molecule has 0 atom stereocenters. The Hall–Kier alpha value is -1.06. The van der Waals surface area contributed by atoms with Gasteiger partial charge in [-0.25, -0.2) is 0 Å². The van der Waals surface area contributed by atoms with Crippen molar-refractivity contribution in [2.24, 2.45) is 5.92 Å². The van der Waals surface area contributed by atoms with Crippen LogP contribution in [0.4, 0.5) is 0 Å². The standard InChI is InChI=1S/C12H22N2O2/c1-4-10(5-2)14(3)11(15)8-13-12(16)9-6-7-9/h9-10H,4-8H2,1-3H3,(H,13,16). The molecule has 92 valence electrons. The minimum absolute atomic E-state index is 0.00250. The Morgan fingerprint density at radius 1 is 1.31 bits per heavy atom. The highest BCUT2D eigenvalue weighted by Gasteiger charge is 2.30. The predicted molar refractivity (Wildman–Crippen MR) is 62.9 cm³/mol. The Balaban J connectivity index is 2.29. The molecule has 1 fully saturated rings. The van der Waals surface area contributed by atoms with Crippen molar-refractivity contribution >= 4 is 11.8 Å². The quantitative estimate of drug-likeness (QED) is 0.739. The summed E-state index contributed by atoms with van der Waals surface area (Å²) < 4.78 is 0. The lowest BCUT2D eigenvalue weighted by Gasteiger charge is -2.26. The number of amides is 2. The van der Waals surface area contributed by atoms with Crippen LogP contribution >= 0.6 is 0 Å². The highest BCUT2D eigenvalue weighted by atomic mass is 16.2. The summed E-state index contributed by atoms with van der Waals surface area (Å²) >= 11 is 0. The van der Waals surface area contributed by atoms with E-state index in [1.807, 2.05) is 7.05 Å². The fourth-order valence-electron chi connectivity index (χ4n) is 1.82. The van der Waals surface area contributed by atoms with E-state index in [-0.39, 0.29) is 30.3 Å². The van der Waals surface area contributed by atoms with Crippen molar-refractivity contribution in [2.75, 3.05) is 13.6 Å². The van der Waals surface area contributed by atoms with Gasteiger partial charge in [0.2, 0.25) is 11.8 Å². The van der Waals surface area contributed by atoms with E-state index in [9.17, 15) is 9.59 Å². The van der Waals surface area contributed by atoms with Gasteiger partial charge in [-0.05, 0) is 25.7 Å². The number of carbonyl (C=O) groups is 2. The lowest BCUT2D eigenvalue weighted by Crippen LogP contribution is -2.43. The molecule has 2 amide bonds. The molecule has 0 bridgehead atoms. The second-order valence-corrected chi connectivity index (χ2v) is 4.47. The van der Waals surface area contributed by atoms with Crippen molar-refractivity contribution in [2.45, 2.75) is 45.6 Å². The van der Waals surface area contributed by atoms with Gasteiger partial charge in [-0.3, -0.25) is 9.59 Å². The summed E-state index contributed by atoms with van der Waals surface area (Å²) in [5.41, 5.74) is 0. The normalized spacial score (nSPS) is 15.0. The highest BCUT2D eigenvalue weighted by Crippen LogP contribution is 2.28. The molecule has 0 saturated heterocycles. The molecule has 0 aliphatic heterocycles. The Bertz CT molecular complexity index is 258.